The van der Waals surface area contributed by atoms with Crippen LogP contribution >= 0.6 is 11.8 Å². The lowest BCUT2D eigenvalue weighted by molar-refractivity contribution is -0.140. The van der Waals surface area contributed by atoms with Crippen molar-refractivity contribution in [3.05, 3.63) is 60.2 Å². The summed E-state index contributed by atoms with van der Waals surface area (Å²) in [6.07, 6.45) is 1.29. The maximum absolute atomic E-state index is 11.9. The van der Waals surface area contributed by atoms with Crippen LogP contribution in [0.1, 0.15) is 12.0 Å². The molecule has 2 aromatic rings. The molecule has 2 aromatic carbocycles. The maximum atomic E-state index is 11.9. The molecular weight excluding hydrogens is 332 g/mol. The van der Waals surface area contributed by atoms with Crippen molar-refractivity contribution in [2.45, 2.75) is 42.6 Å². The minimum atomic E-state index is -1.42. The molecule has 128 valence electrons. The number of ether oxygens (including phenoxy) is 1. The topological polar surface area (TPSA) is 26.3 Å². The van der Waals surface area contributed by atoms with Gasteiger partial charge in [-0.25, -0.2) is 0 Å². The number of rotatable bonds is 7. The van der Waals surface area contributed by atoms with Gasteiger partial charge in [-0.2, -0.15) is 0 Å². The van der Waals surface area contributed by atoms with Crippen LogP contribution in [0.15, 0.2) is 59.5 Å². The summed E-state index contributed by atoms with van der Waals surface area (Å²) in [4.78, 5) is 13.2. The Morgan fingerprint density at radius 1 is 1.04 bits per heavy atom. The highest BCUT2D eigenvalue weighted by Gasteiger charge is 2.23. The number of hydrogen-bond acceptors (Lipinski definition) is 3. The van der Waals surface area contributed by atoms with E-state index < -0.39 is 8.07 Å². The van der Waals surface area contributed by atoms with Crippen molar-refractivity contribution < 1.29 is 9.53 Å². The van der Waals surface area contributed by atoms with E-state index in [2.05, 4.69) is 56.0 Å². The number of benzene rings is 2. The molecule has 4 heteroatoms. The second-order valence-corrected chi connectivity index (χ2v) is 13.3. The van der Waals surface area contributed by atoms with E-state index in [1.54, 1.807) is 0 Å². The molecule has 0 aliphatic rings. The predicted octanol–water partition coefficient (Wildman–Crippen LogP) is 4.50. The first-order chi connectivity index (χ1) is 11.4. The summed E-state index contributed by atoms with van der Waals surface area (Å²) in [6, 6.07) is 19.0. The minimum Gasteiger partial charge on any atom is -0.469 e. The fourth-order valence-corrected chi connectivity index (χ4v) is 6.39. The highest BCUT2D eigenvalue weighted by molar-refractivity contribution is 8.00. The van der Waals surface area contributed by atoms with Crippen molar-refractivity contribution in [1.82, 2.24) is 0 Å². The van der Waals surface area contributed by atoms with Crippen molar-refractivity contribution >= 4 is 31.0 Å². The summed E-state index contributed by atoms with van der Waals surface area (Å²) in [7, 11) is 0.0389. The van der Waals surface area contributed by atoms with Gasteiger partial charge in [0.1, 0.15) is 0 Å². The quantitative estimate of drug-likeness (QED) is 0.414. The van der Waals surface area contributed by atoms with Gasteiger partial charge in [0.15, 0.2) is 0 Å². The lowest BCUT2D eigenvalue weighted by Crippen LogP contribution is -2.39. The van der Waals surface area contributed by atoms with Gasteiger partial charge in [0.25, 0.3) is 0 Å². The molecule has 0 bridgehead atoms. The summed E-state index contributed by atoms with van der Waals surface area (Å²) >= 11 is 1.81. The van der Waals surface area contributed by atoms with E-state index in [1.807, 2.05) is 30.0 Å². The fraction of sp³-hybridized carbons (Fsp3) is 0.350. The summed E-state index contributed by atoms with van der Waals surface area (Å²) in [5.74, 6) is -0.145. The Labute approximate surface area is 150 Å². The van der Waals surface area contributed by atoms with Gasteiger partial charge in [-0.05, 0) is 23.2 Å². The lowest BCUT2D eigenvalue weighted by Gasteiger charge is -2.23. The molecule has 0 aromatic heterocycles. The van der Waals surface area contributed by atoms with Crippen LogP contribution in [0.3, 0.4) is 0 Å². The zero-order valence-electron chi connectivity index (χ0n) is 14.9. The maximum Gasteiger partial charge on any atom is 0.306 e. The minimum absolute atomic E-state index is 0.145. The van der Waals surface area contributed by atoms with Crippen molar-refractivity contribution in [3.8, 4) is 0 Å². The molecule has 0 saturated heterocycles. The van der Waals surface area contributed by atoms with E-state index in [4.69, 9.17) is 4.74 Å². The molecule has 0 heterocycles. The Hall–Kier alpha value is -1.52. The largest absolute Gasteiger partial charge is 0.469 e. The fourth-order valence-electron chi connectivity index (χ4n) is 2.67. The molecule has 0 aliphatic carbocycles. The molecule has 0 spiro atoms. The van der Waals surface area contributed by atoms with E-state index in [0.717, 1.165) is 6.42 Å². The highest BCUT2D eigenvalue weighted by Crippen LogP contribution is 2.29. The van der Waals surface area contributed by atoms with Crippen LogP contribution in [0.25, 0.3) is 0 Å². The average Bonchev–Trinajstić information content (AvgIpc) is 2.55. The predicted molar refractivity (Wildman–Crippen MR) is 106 cm³/mol. The lowest BCUT2D eigenvalue weighted by atomic mass is 10.1. The summed E-state index contributed by atoms with van der Waals surface area (Å²) in [5, 5.41) is 1.63. The molecular formula is C20H26O2SSi. The van der Waals surface area contributed by atoms with Gasteiger partial charge in [0.2, 0.25) is 0 Å². The Kier molecular flexibility index (Phi) is 6.69. The zero-order chi connectivity index (χ0) is 17.6. The van der Waals surface area contributed by atoms with E-state index in [-0.39, 0.29) is 11.2 Å². The van der Waals surface area contributed by atoms with E-state index >= 15 is 0 Å². The van der Waals surface area contributed by atoms with Gasteiger partial charge in [0.05, 0.1) is 21.6 Å². The molecule has 0 saturated carbocycles. The van der Waals surface area contributed by atoms with Crippen LogP contribution in [0, 0.1) is 0 Å². The molecule has 0 aliphatic heterocycles. The van der Waals surface area contributed by atoms with Crippen LogP contribution in [0.4, 0.5) is 0 Å². The van der Waals surface area contributed by atoms with Crippen molar-refractivity contribution in [2.24, 2.45) is 0 Å². The number of carbonyl (C=O) groups is 1. The number of esters is 1. The monoisotopic (exact) mass is 358 g/mol. The summed E-state index contributed by atoms with van der Waals surface area (Å²) in [6.45, 7) is 7.08. The first kappa shape index (κ1) is 18.8. The van der Waals surface area contributed by atoms with Gasteiger partial charge in [-0.3, -0.25) is 4.79 Å². The molecule has 0 amide bonds. The molecule has 2 rings (SSSR count). The SMILES string of the molecule is COC(=O)C[C@H](Cc1ccccc1)Sc1ccccc1[Si](C)(C)C. The Balaban J connectivity index is 2.24. The highest BCUT2D eigenvalue weighted by atomic mass is 32.2. The molecule has 2 nitrogen and oxygen atoms in total. The van der Waals surface area contributed by atoms with E-state index in [1.165, 1.54) is 22.8 Å². The average molecular weight is 359 g/mol. The van der Waals surface area contributed by atoms with Gasteiger partial charge in [-0.15, -0.1) is 11.8 Å². The summed E-state index contributed by atoms with van der Waals surface area (Å²) < 4.78 is 4.91. The van der Waals surface area contributed by atoms with Crippen LogP contribution < -0.4 is 5.19 Å². The molecule has 0 unspecified atom stereocenters. The molecule has 0 fully saturated rings. The van der Waals surface area contributed by atoms with Gasteiger partial charge < -0.3 is 4.74 Å². The molecule has 24 heavy (non-hydrogen) atoms. The van der Waals surface area contributed by atoms with Gasteiger partial charge in [0, 0.05) is 10.1 Å². The second kappa shape index (κ2) is 8.54. The van der Waals surface area contributed by atoms with Gasteiger partial charge >= 0.3 is 5.97 Å². The standard InChI is InChI=1S/C20H26O2SSi/c1-22-20(21)15-17(14-16-10-6-5-7-11-16)23-18-12-8-9-13-19(18)24(2,3)4/h5-13,17H,14-15H2,1-4H3/t17-/m0/s1. The number of hydrogen-bond donors (Lipinski definition) is 0. The molecule has 0 radical (unpaired) electrons. The summed E-state index contributed by atoms with van der Waals surface area (Å²) in [5.41, 5.74) is 1.25. The third-order valence-electron chi connectivity index (χ3n) is 3.92. The Bertz CT molecular complexity index is 665. The second-order valence-electron chi connectivity index (χ2n) is 6.96. The number of thioether (sulfide) groups is 1. The molecule has 1 atom stereocenters. The van der Waals surface area contributed by atoms with Crippen LogP contribution in [0.5, 0.6) is 0 Å². The Morgan fingerprint density at radius 2 is 1.67 bits per heavy atom. The van der Waals surface area contributed by atoms with Crippen LogP contribution in [0.2, 0.25) is 19.6 Å². The van der Waals surface area contributed by atoms with Gasteiger partial charge in [-0.1, -0.05) is 68.2 Å². The zero-order valence-corrected chi connectivity index (χ0v) is 16.7. The van der Waals surface area contributed by atoms with Crippen molar-refractivity contribution in [2.75, 3.05) is 7.11 Å². The van der Waals surface area contributed by atoms with E-state index in [0.29, 0.717) is 6.42 Å². The normalized spacial score (nSPS) is 12.7. The first-order valence-corrected chi connectivity index (χ1v) is 12.6. The smallest absolute Gasteiger partial charge is 0.306 e. The van der Waals surface area contributed by atoms with Crippen LogP contribution in [-0.4, -0.2) is 26.4 Å². The first-order valence-electron chi connectivity index (χ1n) is 8.27. The van der Waals surface area contributed by atoms with E-state index in [9.17, 15) is 4.79 Å². The third kappa shape index (κ3) is 5.53. The number of methoxy groups -OCH3 is 1. The number of carbonyl (C=O) groups excluding carboxylic acids is 1. The van der Waals surface area contributed by atoms with Crippen molar-refractivity contribution in [3.63, 3.8) is 0 Å². The van der Waals surface area contributed by atoms with Crippen molar-refractivity contribution in [1.29, 1.82) is 0 Å². The molecule has 0 N–H and O–H groups in total. The third-order valence-corrected chi connectivity index (χ3v) is 7.43. The van der Waals surface area contributed by atoms with Crippen LogP contribution in [-0.2, 0) is 16.0 Å². The Morgan fingerprint density at radius 3 is 2.29 bits per heavy atom.